The summed E-state index contributed by atoms with van der Waals surface area (Å²) in [5.74, 6) is 1.77. The standard InChI is InChI=1S/C21H24ClN7O/c1-12(2)16-17-14(9-24-21(18(17)22)28-6-4-23-5-7-28)27-19(16)13-8-15(30-3)20-25-11-26-29(20)10-13/h8-12,23,27H,4-7H2,1-3H3. The van der Waals surface area contributed by atoms with Crippen molar-refractivity contribution in [3.8, 4) is 17.0 Å². The number of ether oxygens (including phenoxy) is 1. The predicted octanol–water partition coefficient (Wildman–Crippen LogP) is 3.47. The van der Waals surface area contributed by atoms with Crippen LogP contribution < -0.4 is 15.0 Å². The molecule has 0 amide bonds. The maximum Gasteiger partial charge on any atom is 0.197 e. The molecule has 9 heteroatoms. The first kappa shape index (κ1) is 19.1. The lowest BCUT2D eigenvalue weighted by Crippen LogP contribution is -2.44. The first-order chi connectivity index (χ1) is 14.6. The van der Waals surface area contributed by atoms with Crippen LogP contribution >= 0.6 is 11.6 Å². The average molecular weight is 426 g/mol. The Labute approximate surface area is 179 Å². The van der Waals surface area contributed by atoms with Crippen molar-refractivity contribution in [2.75, 3.05) is 38.2 Å². The summed E-state index contributed by atoms with van der Waals surface area (Å²) in [5.41, 5.74) is 4.73. The minimum atomic E-state index is 0.252. The topological polar surface area (TPSA) is 83.4 Å². The summed E-state index contributed by atoms with van der Waals surface area (Å²) in [6.45, 7) is 8.02. The maximum atomic E-state index is 6.96. The molecule has 0 unspecified atom stereocenters. The zero-order valence-electron chi connectivity index (χ0n) is 17.2. The van der Waals surface area contributed by atoms with E-state index in [-0.39, 0.29) is 5.92 Å². The van der Waals surface area contributed by atoms with E-state index in [1.54, 1.807) is 11.6 Å². The number of H-pyrrole nitrogens is 1. The summed E-state index contributed by atoms with van der Waals surface area (Å²) in [4.78, 5) is 14.8. The SMILES string of the molecule is COc1cc(-c2[nH]c3cnc(N4CCNCC4)c(Cl)c3c2C(C)C)cn2ncnc12. The van der Waals surface area contributed by atoms with Crippen LogP contribution in [-0.4, -0.2) is 57.9 Å². The number of anilines is 1. The van der Waals surface area contributed by atoms with Gasteiger partial charge in [0.05, 0.1) is 29.5 Å². The Balaban J connectivity index is 1.73. The smallest absolute Gasteiger partial charge is 0.197 e. The highest BCUT2D eigenvalue weighted by molar-refractivity contribution is 6.38. The Hall–Kier alpha value is -2.84. The molecule has 1 saturated heterocycles. The quantitative estimate of drug-likeness (QED) is 0.521. The van der Waals surface area contributed by atoms with Gasteiger partial charge in [0.25, 0.3) is 0 Å². The third-order valence-corrected chi connectivity index (χ3v) is 6.00. The number of nitrogens with one attached hydrogen (secondary N) is 2. The molecule has 8 nitrogen and oxygen atoms in total. The molecule has 5 rings (SSSR count). The van der Waals surface area contributed by atoms with E-state index in [4.69, 9.17) is 21.3 Å². The summed E-state index contributed by atoms with van der Waals surface area (Å²) < 4.78 is 7.29. The molecule has 5 heterocycles. The second kappa shape index (κ2) is 7.45. The van der Waals surface area contributed by atoms with Crippen LogP contribution in [0, 0.1) is 0 Å². The first-order valence-electron chi connectivity index (χ1n) is 10.1. The van der Waals surface area contributed by atoms with Crippen molar-refractivity contribution >= 4 is 34.0 Å². The van der Waals surface area contributed by atoms with Gasteiger partial charge in [0.1, 0.15) is 12.1 Å². The number of hydrogen-bond acceptors (Lipinski definition) is 6. The van der Waals surface area contributed by atoms with Gasteiger partial charge < -0.3 is 19.9 Å². The Morgan fingerprint density at radius 3 is 2.73 bits per heavy atom. The lowest BCUT2D eigenvalue weighted by Gasteiger charge is -2.29. The maximum absolute atomic E-state index is 6.96. The molecule has 30 heavy (non-hydrogen) atoms. The summed E-state index contributed by atoms with van der Waals surface area (Å²) in [5, 5.41) is 9.40. The third kappa shape index (κ3) is 2.98. The second-order valence-electron chi connectivity index (χ2n) is 7.82. The molecule has 1 aliphatic heterocycles. The average Bonchev–Trinajstić information content (AvgIpc) is 3.39. The minimum Gasteiger partial charge on any atom is -0.493 e. The third-order valence-electron chi connectivity index (χ3n) is 5.64. The van der Waals surface area contributed by atoms with E-state index >= 15 is 0 Å². The van der Waals surface area contributed by atoms with Crippen molar-refractivity contribution in [2.24, 2.45) is 0 Å². The fraction of sp³-hybridized carbons (Fsp3) is 0.381. The number of piperazine rings is 1. The molecule has 1 aliphatic rings. The lowest BCUT2D eigenvalue weighted by atomic mass is 9.97. The van der Waals surface area contributed by atoms with Gasteiger partial charge in [-0.15, -0.1) is 0 Å². The fourth-order valence-electron chi connectivity index (χ4n) is 4.25. The minimum absolute atomic E-state index is 0.252. The van der Waals surface area contributed by atoms with Gasteiger partial charge in [0, 0.05) is 43.3 Å². The Bertz CT molecular complexity index is 1220. The number of methoxy groups -OCH3 is 1. The van der Waals surface area contributed by atoms with Crippen LogP contribution in [0.15, 0.2) is 24.8 Å². The Morgan fingerprint density at radius 1 is 1.20 bits per heavy atom. The molecule has 156 valence electrons. The molecule has 2 N–H and O–H groups in total. The van der Waals surface area contributed by atoms with Gasteiger partial charge in [-0.1, -0.05) is 25.4 Å². The Kier molecular flexibility index (Phi) is 4.75. The van der Waals surface area contributed by atoms with Crippen molar-refractivity contribution in [1.82, 2.24) is 29.9 Å². The van der Waals surface area contributed by atoms with Crippen LogP contribution in [-0.2, 0) is 0 Å². The van der Waals surface area contributed by atoms with Crippen LogP contribution in [0.4, 0.5) is 5.82 Å². The van der Waals surface area contributed by atoms with Crippen LogP contribution in [0.1, 0.15) is 25.3 Å². The number of nitrogens with zero attached hydrogens (tertiary/aromatic N) is 5. The van der Waals surface area contributed by atoms with E-state index in [0.29, 0.717) is 16.4 Å². The van der Waals surface area contributed by atoms with Crippen molar-refractivity contribution in [3.63, 3.8) is 0 Å². The van der Waals surface area contributed by atoms with Crippen LogP contribution in [0.5, 0.6) is 5.75 Å². The number of halogens is 1. The highest BCUT2D eigenvalue weighted by atomic mass is 35.5. The predicted molar refractivity (Wildman–Crippen MR) is 119 cm³/mol. The molecule has 0 atom stereocenters. The zero-order chi connectivity index (χ0) is 20.8. The molecule has 0 radical (unpaired) electrons. The normalized spacial score (nSPS) is 14.9. The molecule has 0 aromatic carbocycles. The van der Waals surface area contributed by atoms with Crippen LogP contribution in [0.25, 0.3) is 27.8 Å². The summed E-state index contributed by atoms with van der Waals surface area (Å²) in [7, 11) is 1.64. The molecule has 0 saturated carbocycles. The summed E-state index contributed by atoms with van der Waals surface area (Å²) in [6, 6.07) is 1.99. The van der Waals surface area contributed by atoms with E-state index < -0.39 is 0 Å². The van der Waals surface area contributed by atoms with Crippen molar-refractivity contribution in [3.05, 3.63) is 35.4 Å². The zero-order valence-corrected chi connectivity index (χ0v) is 18.0. The van der Waals surface area contributed by atoms with Crippen molar-refractivity contribution in [2.45, 2.75) is 19.8 Å². The van der Waals surface area contributed by atoms with E-state index in [9.17, 15) is 0 Å². The number of aromatic nitrogens is 5. The van der Waals surface area contributed by atoms with Gasteiger partial charge in [-0.05, 0) is 17.5 Å². The van der Waals surface area contributed by atoms with Gasteiger partial charge in [0.15, 0.2) is 11.4 Å². The second-order valence-corrected chi connectivity index (χ2v) is 8.19. The lowest BCUT2D eigenvalue weighted by molar-refractivity contribution is 0.416. The van der Waals surface area contributed by atoms with E-state index in [2.05, 4.69) is 39.1 Å². The number of fused-ring (bicyclic) bond motifs is 2. The summed E-state index contributed by atoms with van der Waals surface area (Å²) >= 11 is 6.96. The molecular formula is C21H24ClN7O. The largest absolute Gasteiger partial charge is 0.493 e. The molecular weight excluding hydrogens is 402 g/mol. The van der Waals surface area contributed by atoms with Gasteiger partial charge >= 0.3 is 0 Å². The van der Waals surface area contributed by atoms with E-state index in [0.717, 1.165) is 59.7 Å². The molecule has 0 spiro atoms. The van der Waals surface area contributed by atoms with Crippen LogP contribution in [0.3, 0.4) is 0 Å². The van der Waals surface area contributed by atoms with Crippen molar-refractivity contribution < 1.29 is 4.74 Å². The van der Waals surface area contributed by atoms with Gasteiger partial charge in [-0.3, -0.25) is 0 Å². The number of pyridine rings is 2. The van der Waals surface area contributed by atoms with Gasteiger partial charge in [0.2, 0.25) is 0 Å². The van der Waals surface area contributed by atoms with Crippen LogP contribution in [0.2, 0.25) is 5.02 Å². The molecule has 1 fully saturated rings. The first-order valence-corrected chi connectivity index (χ1v) is 10.5. The Morgan fingerprint density at radius 2 is 2.00 bits per heavy atom. The molecule has 4 aromatic rings. The van der Waals surface area contributed by atoms with Crippen molar-refractivity contribution in [1.29, 1.82) is 0 Å². The van der Waals surface area contributed by atoms with Gasteiger partial charge in [-0.25, -0.2) is 14.5 Å². The highest BCUT2D eigenvalue weighted by Gasteiger charge is 2.24. The van der Waals surface area contributed by atoms with E-state index in [1.807, 2.05) is 18.5 Å². The van der Waals surface area contributed by atoms with Gasteiger partial charge in [-0.2, -0.15) is 5.10 Å². The summed E-state index contributed by atoms with van der Waals surface area (Å²) in [6.07, 6.45) is 5.37. The van der Waals surface area contributed by atoms with E-state index in [1.165, 1.54) is 6.33 Å². The fourth-order valence-corrected chi connectivity index (χ4v) is 4.62. The molecule has 0 bridgehead atoms. The monoisotopic (exact) mass is 425 g/mol. The number of aromatic amines is 1. The molecule has 0 aliphatic carbocycles. The molecule has 4 aromatic heterocycles. The number of rotatable bonds is 4. The number of hydrogen-bond donors (Lipinski definition) is 2. The highest BCUT2D eigenvalue weighted by Crippen LogP contribution is 2.42.